The summed E-state index contributed by atoms with van der Waals surface area (Å²) in [6, 6.07) is 18.5. The second-order valence-corrected chi connectivity index (χ2v) is 11.3. The van der Waals surface area contributed by atoms with Gasteiger partial charge in [-0.15, -0.1) is 0 Å². The molecule has 0 amide bonds. The average molecular weight is 497 g/mol. The number of fused-ring (bicyclic) bond motifs is 2. The van der Waals surface area contributed by atoms with E-state index in [1.165, 1.54) is 4.31 Å². The highest BCUT2D eigenvalue weighted by Gasteiger charge is 2.38. The summed E-state index contributed by atoms with van der Waals surface area (Å²) in [5.41, 5.74) is 0.938. The standard InChI is InChI=1S/C27H32N2O5S/c1-4-14-28(35(32,33)24-11-9-20-7-5-6-8-21(20)19-24)16-17-34-23-10-12-25-22(18-23)13-15-29(25)27(2,3)26(30)31/h5-12,18-19H,4,13-17H2,1-3H3,(H,30,31). The van der Waals surface area contributed by atoms with Gasteiger partial charge >= 0.3 is 5.97 Å². The number of ether oxygens (including phenoxy) is 1. The molecule has 0 aromatic heterocycles. The van der Waals surface area contributed by atoms with Crippen LogP contribution >= 0.6 is 0 Å². The summed E-state index contributed by atoms with van der Waals surface area (Å²) in [6.07, 6.45) is 1.43. The van der Waals surface area contributed by atoms with Gasteiger partial charge in [0.05, 0.1) is 4.90 Å². The molecular formula is C27H32N2O5S. The zero-order valence-corrected chi connectivity index (χ0v) is 21.2. The van der Waals surface area contributed by atoms with Crippen molar-refractivity contribution in [3.05, 3.63) is 66.2 Å². The Kier molecular flexibility index (Phi) is 7.05. The van der Waals surface area contributed by atoms with Crippen molar-refractivity contribution in [2.75, 3.05) is 31.1 Å². The molecule has 7 nitrogen and oxygen atoms in total. The molecule has 0 unspecified atom stereocenters. The van der Waals surface area contributed by atoms with E-state index in [0.29, 0.717) is 25.3 Å². The van der Waals surface area contributed by atoms with Gasteiger partial charge < -0.3 is 14.7 Å². The normalized spacial score (nSPS) is 13.9. The lowest BCUT2D eigenvalue weighted by atomic mass is 10.0. The molecule has 35 heavy (non-hydrogen) atoms. The van der Waals surface area contributed by atoms with E-state index in [2.05, 4.69) is 0 Å². The van der Waals surface area contributed by atoms with Gasteiger partial charge in [-0.2, -0.15) is 4.31 Å². The van der Waals surface area contributed by atoms with E-state index >= 15 is 0 Å². The van der Waals surface area contributed by atoms with Gasteiger partial charge in [0.25, 0.3) is 0 Å². The lowest BCUT2D eigenvalue weighted by molar-refractivity contribution is -0.142. The highest BCUT2D eigenvalue weighted by atomic mass is 32.2. The first-order valence-corrected chi connectivity index (χ1v) is 13.3. The molecule has 0 bridgehead atoms. The van der Waals surface area contributed by atoms with Crippen LogP contribution in [0, 0.1) is 0 Å². The predicted octanol–water partition coefficient (Wildman–Crippen LogP) is 4.55. The summed E-state index contributed by atoms with van der Waals surface area (Å²) < 4.78 is 34.1. The van der Waals surface area contributed by atoms with Crippen LogP contribution in [0.15, 0.2) is 65.6 Å². The van der Waals surface area contributed by atoms with Crippen LogP contribution in [0.5, 0.6) is 5.75 Å². The van der Waals surface area contributed by atoms with Crippen molar-refractivity contribution in [1.82, 2.24) is 4.31 Å². The largest absolute Gasteiger partial charge is 0.492 e. The maximum Gasteiger partial charge on any atom is 0.328 e. The van der Waals surface area contributed by atoms with Crippen LogP contribution in [0.2, 0.25) is 0 Å². The summed E-state index contributed by atoms with van der Waals surface area (Å²) in [5.74, 6) is -0.215. The van der Waals surface area contributed by atoms with Gasteiger partial charge in [0.1, 0.15) is 17.9 Å². The molecule has 1 aliphatic rings. The van der Waals surface area contributed by atoms with E-state index in [9.17, 15) is 18.3 Å². The SMILES string of the molecule is CCCN(CCOc1ccc2c(c1)CCN2C(C)(C)C(=O)O)S(=O)(=O)c1ccc2ccccc2c1. The molecule has 1 aliphatic heterocycles. The third kappa shape index (κ3) is 4.99. The van der Waals surface area contributed by atoms with Gasteiger partial charge in [-0.3, -0.25) is 0 Å². The number of rotatable bonds is 10. The molecule has 0 spiro atoms. The quantitative estimate of drug-likeness (QED) is 0.443. The fourth-order valence-corrected chi connectivity index (χ4v) is 6.06. The second kappa shape index (κ2) is 9.87. The molecule has 0 saturated carbocycles. The lowest BCUT2D eigenvalue weighted by Crippen LogP contribution is -2.49. The van der Waals surface area contributed by atoms with E-state index in [1.807, 2.05) is 60.4 Å². The van der Waals surface area contributed by atoms with Crippen LogP contribution in [0.3, 0.4) is 0 Å². The van der Waals surface area contributed by atoms with Crippen LogP contribution in [-0.2, 0) is 21.2 Å². The van der Waals surface area contributed by atoms with E-state index in [4.69, 9.17) is 4.74 Å². The van der Waals surface area contributed by atoms with Crippen molar-refractivity contribution in [2.45, 2.75) is 44.0 Å². The Hall–Kier alpha value is -3.10. The zero-order chi connectivity index (χ0) is 25.2. The van der Waals surface area contributed by atoms with Gasteiger partial charge in [-0.25, -0.2) is 13.2 Å². The molecule has 0 fully saturated rings. The number of carboxylic acid groups (broad SMARTS) is 1. The summed E-state index contributed by atoms with van der Waals surface area (Å²) >= 11 is 0. The number of hydrogen-bond acceptors (Lipinski definition) is 5. The number of hydrogen-bond donors (Lipinski definition) is 1. The molecular weight excluding hydrogens is 464 g/mol. The summed E-state index contributed by atoms with van der Waals surface area (Å²) in [6.45, 7) is 6.84. The zero-order valence-electron chi connectivity index (χ0n) is 20.4. The van der Waals surface area contributed by atoms with Gasteiger partial charge in [-0.1, -0.05) is 37.3 Å². The van der Waals surface area contributed by atoms with Crippen molar-refractivity contribution in [3.8, 4) is 5.75 Å². The highest BCUT2D eigenvalue weighted by molar-refractivity contribution is 7.89. The molecule has 8 heteroatoms. The molecule has 4 rings (SSSR count). The van der Waals surface area contributed by atoms with Crippen LogP contribution in [0.25, 0.3) is 10.8 Å². The smallest absolute Gasteiger partial charge is 0.328 e. The number of benzene rings is 3. The maximum absolute atomic E-state index is 13.4. The lowest BCUT2D eigenvalue weighted by Gasteiger charge is -2.33. The van der Waals surface area contributed by atoms with Crippen molar-refractivity contribution >= 4 is 32.5 Å². The van der Waals surface area contributed by atoms with Gasteiger partial charge in [-0.05, 0) is 73.4 Å². The molecule has 0 atom stereocenters. The monoisotopic (exact) mass is 496 g/mol. The Labute approximate surface area is 207 Å². The van der Waals surface area contributed by atoms with E-state index < -0.39 is 21.5 Å². The summed E-state index contributed by atoms with van der Waals surface area (Å²) in [7, 11) is -3.66. The van der Waals surface area contributed by atoms with Gasteiger partial charge in [0, 0.05) is 25.3 Å². The number of anilines is 1. The van der Waals surface area contributed by atoms with Crippen molar-refractivity contribution in [2.24, 2.45) is 0 Å². The number of carbonyl (C=O) groups is 1. The second-order valence-electron chi connectivity index (χ2n) is 9.32. The molecule has 3 aromatic carbocycles. The van der Waals surface area contributed by atoms with E-state index in [-0.39, 0.29) is 18.0 Å². The van der Waals surface area contributed by atoms with Gasteiger partial charge in [0.2, 0.25) is 10.0 Å². The minimum absolute atomic E-state index is 0.218. The van der Waals surface area contributed by atoms with Crippen molar-refractivity contribution in [3.63, 3.8) is 0 Å². The Morgan fingerprint density at radius 1 is 1.06 bits per heavy atom. The fourth-order valence-electron chi connectivity index (χ4n) is 4.51. The third-order valence-corrected chi connectivity index (χ3v) is 8.48. The van der Waals surface area contributed by atoms with Crippen LogP contribution in [0.4, 0.5) is 5.69 Å². The molecule has 186 valence electrons. The molecule has 3 aromatic rings. The summed E-state index contributed by atoms with van der Waals surface area (Å²) in [4.78, 5) is 13.8. The topological polar surface area (TPSA) is 87.2 Å². The minimum atomic E-state index is -3.66. The number of carboxylic acids is 1. The van der Waals surface area contributed by atoms with E-state index in [1.54, 1.807) is 26.0 Å². The minimum Gasteiger partial charge on any atom is -0.492 e. The number of nitrogens with zero attached hydrogens (tertiary/aromatic N) is 2. The fraction of sp³-hybridized carbons (Fsp3) is 0.370. The first-order chi connectivity index (χ1) is 16.6. The first kappa shape index (κ1) is 25.0. The predicted molar refractivity (Wildman–Crippen MR) is 138 cm³/mol. The van der Waals surface area contributed by atoms with Crippen LogP contribution < -0.4 is 9.64 Å². The number of sulfonamides is 1. The van der Waals surface area contributed by atoms with Crippen LogP contribution in [-0.4, -0.2) is 55.6 Å². The Bertz CT molecular complexity index is 1340. The molecule has 1 N–H and O–H groups in total. The first-order valence-electron chi connectivity index (χ1n) is 11.9. The Morgan fingerprint density at radius 2 is 1.80 bits per heavy atom. The third-order valence-electron chi connectivity index (χ3n) is 6.59. The molecule has 1 heterocycles. The maximum atomic E-state index is 13.4. The Balaban J connectivity index is 1.45. The highest BCUT2D eigenvalue weighted by Crippen LogP contribution is 2.36. The number of aliphatic carboxylic acids is 1. The van der Waals surface area contributed by atoms with Gasteiger partial charge in [0.15, 0.2) is 0 Å². The summed E-state index contributed by atoms with van der Waals surface area (Å²) in [5, 5.41) is 11.5. The Morgan fingerprint density at radius 3 is 2.51 bits per heavy atom. The molecule has 0 radical (unpaired) electrons. The van der Waals surface area contributed by atoms with Crippen molar-refractivity contribution < 1.29 is 23.1 Å². The molecule has 0 aliphatic carbocycles. The average Bonchev–Trinajstić information content (AvgIpc) is 3.27. The van der Waals surface area contributed by atoms with E-state index in [0.717, 1.165) is 28.4 Å². The van der Waals surface area contributed by atoms with Crippen molar-refractivity contribution in [1.29, 1.82) is 0 Å². The van der Waals surface area contributed by atoms with Crippen LogP contribution in [0.1, 0.15) is 32.8 Å². The molecule has 0 saturated heterocycles.